The largest absolute Gasteiger partial charge is 0.426 e. The number of ether oxygens (including phenoxy) is 1. The second-order valence-corrected chi connectivity index (χ2v) is 4.33. The molecule has 0 amide bonds. The van der Waals surface area contributed by atoms with E-state index < -0.39 is 0 Å². The molecule has 0 aliphatic rings. The van der Waals surface area contributed by atoms with Crippen LogP contribution in [-0.4, -0.2) is 18.6 Å². The van der Waals surface area contributed by atoms with Crippen molar-refractivity contribution in [2.24, 2.45) is 0 Å². The summed E-state index contributed by atoms with van der Waals surface area (Å²) in [5.74, 6) is 0.430. The van der Waals surface area contributed by atoms with Crippen LogP contribution in [0, 0.1) is 0 Å². The lowest BCUT2D eigenvalue weighted by atomic mass is 10.2. The van der Waals surface area contributed by atoms with E-state index in [1.54, 1.807) is 0 Å². The van der Waals surface area contributed by atoms with Crippen LogP contribution in [0.4, 0.5) is 0 Å². The monoisotopic (exact) mass is 235 g/mol. The Morgan fingerprint density at radius 2 is 1.94 bits per heavy atom. The van der Waals surface area contributed by atoms with Crippen molar-refractivity contribution in [2.75, 3.05) is 6.54 Å². The zero-order chi connectivity index (χ0) is 12.7. The number of carbonyl (C=O) groups is 1. The first-order valence-electron chi connectivity index (χ1n) is 6.14. The quantitative estimate of drug-likeness (QED) is 0.608. The molecule has 0 atom stereocenters. The van der Waals surface area contributed by atoms with Crippen LogP contribution >= 0.6 is 0 Å². The summed E-state index contributed by atoms with van der Waals surface area (Å²) in [5.41, 5.74) is 1.24. The smallest absolute Gasteiger partial charge is 0.312 e. The van der Waals surface area contributed by atoms with Gasteiger partial charge in [-0.05, 0) is 24.1 Å². The molecule has 0 unspecified atom stereocenters. The number of benzene rings is 1. The Morgan fingerprint density at radius 1 is 1.29 bits per heavy atom. The molecule has 3 nitrogen and oxygen atoms in total. The van der Waals surface area contributed by atoms with Gasteiger partial charge in [0.05, 0.1) is 6.42 Å². The summed E-state index contributed by atoms with van der Waals surface area (Å²) in [6, 6.07) is 8.04. The molecule has 0 spiro atoms. The molecule has 0 saturated heterocycles. The first-order valence-corrected chi connectivity index (χ1v) is 6.14. The van der Waals surface area contributed by atoms with Crippen LogP contribution in [0.25, 0.3) is 0 Å². The van der Waals surface area contributed by atoms with Crippen molar-refractivity contribution in [1.29, 1.82) is 0 Å². The van der Waals surface area contributed by atoms with Gasteiger partial charge in [-0.1, -0.05) is 32.9 Å². The fourth-order valence-corrected chi connectivity index (χ4v) is 1.44. The van der Waals surface area contributed by atoms with Crippen molar-refractivity contribution >= 4 is 5.97 Å². The van der Waals surface area contributed by atoms with Crippen LogP contribution in [0.5, 0.6) is 5.75 Å². The first-order chi connectivity index (χ1) is 8.11. The average Bonchev–Trinajstić information content (AvgIpc) is 2.29. The Labute approximate surface area is 103 Å². The molecule has 3 heteroatoms. The number of aryl methyl sites for hydroxylation is 1. The topological polar surface area (TPSA) is 38.3 Å². The summed E-state index contributed by atoms with van der Waals surface area (Å²) in [4.78, 5) is 11.5. The van der Waals surface area contributed by atoms with Gasteiger partial charge in [0, 0.05) is 12.6 Å². The van der Waals surface area contributed by atoms with Gasteiger partial charge in [0.15, 0.2) is 0 Å². The van der Waals surface area contributed by atoms with Crippen molar-refractivity contribution < 1.29 is 9.53 Å². The third-order valence-electron chi connectivity index (χ3n) is 2.44. The predicted octanol–water partition coefficient (Wildman–Crippen LogP) is 2.54. The molecular formula is C14H21NO2. The Hall–Kier alpha value is -1.35. The minimum Gasteiger partial charge on any atom is -0.426 e. The van der Waals surface area contributed by atoms with E-state index in [0.29, 0.717) is 24.8 Å². The second kappa shape index (κ2) is 7.07. The Bertz CT molecular complexity index is 344. The number of carbonyl (C=O) groups excluding carboxylic acids is 1. The van der Waals surface area contributed by atoms with Gasteiger partial charge >= 0.3 is 5.97 Å². The summed E-state index contributed by atoms with van der Waals surface area (Å²) < 4.78 is 5.22. The highest BCUT2D eigenvalue weighted by Gasteiger charge is 2.04. The van der Waals surface area contributed by atoms with Gasteiger partial charge in [-0.2, -0.15) is 0 Å². The van der Waals surface area contributed by atoms with E-state index >= 15 is 0 Å². The predicted molar refractivity (Wildman–Crippen MR) is 69.2 cm³/mol. The molecule has 0 radical (unpaired) electrons. The lowest BCUT2D eigenvalue weighted by Crippen LogP contribution is -2.26. The summed E-state index contributed by atoms with van der Waals surface area (Å²) in [6.07, 6.45) is 1.39. The number of hydrogen-bond donors (Lipinski definition) is 1. The third kappa shape index (κ3) is 5.50. The van der Waals surface area contributed by atoms with Crippen molar-refractivity contribution in [3.05, 3.63) is 29.8 Å². The number of rotatable bonds is 6. The SMILES string of the molecule is CCc1ccc(OC(=O)CCNC(C)C)cc1. The first kappa shape index (κ1) is 13.7. The Morgan fingerprint density at radius 3 is 2.47 bits per heavy atom. The summed E-state index contributed by atoms with van der Waals surface area (Å²) >= 11 is 0. The molecule has 1 aromatic carbocycles. The molecule has 1 aromatic rings. The molecular weight excluding hydrogens is 214 g/mol. The Kier molecular flexibility index (Phi) is 5.70. The minimum absolute atomic E-state index is 0.192. The molecule has 94 valence electrons. The average molecular weight is 235 g/mol. The molecule has 0 saturated carbocycles. The number of esters is 1. The summed E-state index contributed by atoms with van der Waals surface area (Å²) in [5, 5.41) is 3.18. The van der Waals surface area contributed by atoms with E-state index in [2.05, 4.69) is 26.1 Å². The minimum atomic E-state index is -0.192. The Balaban J connectivity index is 2.34. The summed E-state index contributed by atoms with van der Waals surface area (Å²) in [7, 11) is 0. The molecule has 0 bridgehead atoms. The zero-order valence-electron chi connectivity index (χ0n) is 10.8. The van der Waals surface area contributed by atoms with Gasteiger partial charge in [-0.3, -0.25) is 4.79 Å². The maximum Gasteiger partial charge on any atom is 0.312 e. The molecule has 1 rings (SSSR count). The standard InChI is InChI=1S/C14H21NO2/c1-4-12-5-7-13(8-6-12)17-14(16)9-10-15-11(2)3/h5-8,11,15H,4,9-10H2,1-3H3. The van der Waals surface area contributed by atoms with E-state index in [-0.39, 0.29) is 5.97 Å². The number of nitrogens with one attached hydrogen (secondary N) is 1. The van der Waals surface area contributed by atoms with Gasteiger partial charge in [-0.25, -0.2) is 0 Å². The van der Waals surface area contributed by atoms with Gasteiger partial charge in [0.25, 0.3) is 0 Å². The van der Waals surface area contributed by atoms with Gasteiger partial charge in [0.2, 0.25) is 0 Å². The normalized spacial score (nSPS) is 10.6. The van der Waals surface area contributed by atoms with Crippen LogP contribution in [-0.2, 0) is 11.2 Å². The molecule has 0 heterocycles. The van der Waals surface area contributed by atoms with Crippen LogP contribution in [0.2, 0.25) is 0 Å². The van der Waals surface area contributed by atoms with Crippen LogP contribution in [0.15, 0.2) is 24.3 Å². The highest BCUT2D eigenvalue weighted by atomic mass is 16.5. The fraction of sp³-hybridized carbons (Fsp3) is 0.500. The summed E-state index contributed by atoms with van der Waals surface area (Å²) in [6.45, 7) is 6.85. The van der Waals surface area contributed by atoms with Gasteiger partial charge in [0.1, 0.15) is 5.75 Å². The van der Waals surface area contributed by atoms with E-state index in [1.165, 1.54) is 5.56 Å². The van der Waals surface area contributed by atoms with Crippen molar-refractivity contribution in [1.82, 2.24) is 5.32 Å². The molecule has 0 aliphatic heterocycles. The van der Waals surface area contributed by atoms with Gasteiger partial charge in [-0.15, -0.1) is 0 Å². The van der Waals surface area contributed by atoms with E-state index in [1.807, 2.05) is 24.3 Å². The number of hydrogen-bond acceptors (Lipinski definition) is 3. The van der Waals surface area contributed by atoms with E-state index in [0.717, 1.165) is 6.42 Å². The zero-order valence-corrected chi connectivity index (χ0v) is 10.8. The third-order valence-corrected chi connectivity index (χ3v) is 2.44. The molecule has 0 aromatic heterocycles. The second-order valence-electron chi connectivity index (χ2n) is 4.33. The molecule has 17 heavy (non-hydrogen) atoms. The van der Waals surface area contributed by atoms with Crippen LogP contribution < -0.4 is 10.1 Å². The van der Waals surface area contributed by atoms with E-state index in [4.69, 9.17) is 4.74 Å². The molecule has 1 N–H and O–H groups in total. The van der Waals surface area contributed by atoms with Crippen molar-refractivity contribution in [3.63, 3.8) is 0 Å². The van der Waals surface area contributed by atoms with Crippen LogP contribution in [0.3, 0.4) is 0 Å². The van der Waals surface area contributed by atoms with Crippen molar-refractivity contribution in [2.45, 2.75) is 39.7 Å². The molecule has 0 aliphatic carbocycles. The maximum atomic E-state index is 11.5. The highest BCUT2D eigenvalue weighted by Crippen LogP contribution is 2.12. The fourth-order valence-electron chi connectivity index (χ4n) is 1.44. The van der Waals surface area contributed by atoms with Crippen molar-refractivity contribution in [3.8, 4) is 5.75 Å². The lowest BCUT2D eigenvalue weighted by molar-refractivity contribution is -0.134. The van der Waals surface area contributed by atoms with E-state index in [9.17, 15) is 4.79 Å². The maximum absolute atomic E-state index is 11.5. The van der Waals surface area contributed by atoms with Gasteiger partial charge < -0.3 is 10.1 Å². The van der Waals surface area contributed by atoms with Crippen LogP contribution in [0.1, 0.15) is 32.8 Å². The highest BCUT2D eigenvalue weighted by molar-refractivity contribution is 5.72. The lowest BCUT2D eigenvalue weighted by Gasteiger charge is -2.08. The molecule has 0 fully saturated rings.